The smallest absolute Gasteiger partial charge is 0.270 e. The fourth-order valence-electron chi connectivity index (χ4n) is 3.47. The van der Waals surface area contributed by atoms with E-state index in [0.29, 0.717) is 5.56 Å². The van der Waals surface area contributed by atoms with Crippen LogP contribution in [0.15, 0.2) is 51.9 Å². The molecule has 0 radical (unpaired) electrons. The zero-order valence-corrected chi connectivity index (χ0v) is 17.1. The normalized spacial score (nSPS) is 23.0. The van der Waals surface area contributed by atoms with Gasteiger partial charge in [0.25, 0.3) is 5.92 Å². The minimum Gasteiger partial charge on any atom is -0.369 e. The summed E-state index contributed by atoms with van der Waals surface area (Å²) in [4.78, 5) is 18.7. The molecule has 0 saturated heterocycles. The summed E-state index contributed by atoms with van der Waals surface area (Å²) in [6, 6.07) is 10.2. The van der Waals surface area contributed by atoms with Crippen LogP contribution in [0.3, 0.4) is 0 Å². The van der Waals surface area contributed by atoms with E-state index in [1.807, 2.05) is 0 Å². The molecule has 2 aromatic rings. The number of halogens is 4. The first kappa shape index (κ1) is 20.4. The molecule has 2 atom stereocenters. The largest absolute Gasteiger partial charge is 0.369 e. The van der Waals surface area contributed by atoms with Crippen molar-refractivity contribution < 1.29 is 18.0 Å². The van der Waals surface area contributed by atoms with Gasteiger partial charge in [0.05, 0.1) is 10.4 Å². The first-order valence-electron chi connectivity index (χ1n) is 8.52. The lowest BCUT2D eigenvalue weighted by Gasteiger charge is -2.41. The van der Waals surface area contributed by atoms with E-state index in [1.54, 1.807) is 19.1 Å². The molecule has 0 saturated carbocycles. The molecule has 0 unspecified atom stereocenters. The van der Waals surface area contributed by atoms with E-state index in [9.17, 15) is 18.0 Å². The van der Waals surface area contributed by atoms with Gasteiger partial charge in [0.1, 0.15) is 11.4 Å². The van der Waals surface area contributed by atoms with Gasteiger partial charge in [-0.15, -0.1) is 0 Å². The van der Waals surface area contributed by atoms with Crippen LogP contribution in [0.1, 0.15) is 36.5 Å². The maximum atomic E-state index is 14.9. The van der Waals surface area contributed by atoms with Crippen LogP contribution in [-0.2, 0) is 16.3 Å². The van der Waals surface area contributed by atoms with Crippen LogP contribution in [-0.4, -0.2) is 23.8 Å². The van der Waals surface area contributed by atoms with Gasteiger partial charge in [0.15, 0.2) is 5.96 Å². The van der Waals surface area contributed by atoms with Crippen molar-refractivity contribution in [3.63, 3.8) is 0 Å². The number of carbonyl (C=O) groups is 1. The van der Waals surface area contributed by atoms with Crippen molar-refractivity contribution in [2.75, 3.05) is 7.05 Å². The lowest BCUT2D eigenvalue weighted by molar-refractivity contribution is -0.130. The Balaban J connectivity index is 2.21. The van der Waals surface area contributed by atoms with E-state index in [-0.39, 0.29) is 21.6 Å². The number of hydrogen-bond acceptors (Lipinski definition) is 3. The third-order valence-electron chi connectivity index (χ3n) is 5.08. The second-order valence-corrected chi connectivity index (χ2v) is 7.91. The van der Waals surface area contributed by atoms with E-state index in [2.05, 4.69) is 20.9 Å². The van der Waals surface area contributed by atoms with Crippen molar-refractivity contribution in [2.45, 2.75) is 31.2 Å². The molecule has 1 heterocycles. The molecule has 0 aliphatic carbocycles. The second-order valence-electron chi connectivity index (χ2n) is 7.06. The molecule has 0 aromatic heterocycles. The number of carbonyl (C=O) groups excluding carboxylic acids is 1. The average Bonchev–Trinajstić information content (AvgIpc) is 2.62. The van der Waals surface area contributed by atoms with Gasteiger partial charge in [-0.2, -0.15) is 0 Å². The lowest BCUT2D eigenvalue weighted by atomic mass is 9.74. The number of nitrogens with zero attached hydrogens (tertiary/aromatic N) is 2. The summed E-state index contributed by atoms with van der Waals surface area (Å²) in [5, 5.41) is 0. The Morgan fingerprint density at radius 2 is 1.82 bits per heavy atom. The van der Waals surface area contributed by atoms with Gasteiger partial charge >= 0.3 is 0 Å². The maximum Gasteiger partial charge on any atom is 0.270 e. The third kappa shape index (κ3) is 3.30. The summed E-state index contributed by atoms with van der Waals surface area (Å²) in [6.45, 7) is 2.41. The molecule has 0 spiro atoms. The predicted molar refractivity (Wildman–Crippen MR) is 105 cm³/mol. The van der Waals surface area contributed by atoms with Crippen molar-refractivity contribution in [3.05, 3.63) is 69.4 Å². The highest BCUT2D eigenvalue weighted by Crippen LogP contribution is 2.45. The lowest BCUT2D eigenvalue weighted by Crippen LogP contribution is -2.52. The predicted octanol–water partition coefficient (Wildman–Crippen LogP) is 4.49. The Kier molecular flexibility index (Phi) is 5.04. The van der Waals surface area contributed by atoms with Crippen LogP contribution in [0.2, 0.25) is 0 Å². The summed E-state index contributed by atoms with van der Waals surface area (Å²) in [5.74, 6) is -4.94. The fourth-order valence-corrected chi connectivity index (χ4v) is 3.84. The van der Waals surface area contributed by atoms with Crippen molar-refractivity contribution >= 4 is 27.8 Å². The molecule has 1 aliphatic rings. The molecule has 0 fully saturated rings. The van der Waals surface area contributed by atoms with Crippen molar-refractivity contribution in [2.24, 2.45) is 10.7 Å². The molecule has 148 valence electrons. The van der Waals surface area contributed by atoms with Gasteiger partial charge in [-0.3, -0.25) is 9.69 Å². The summed E-state index contributed by atoms with van der Waals surface area (Å²) in [7, 11) is 1.47. The van der Waals surface area contributed by atoms with E-state index in [0.717, 1.165) is 6.92 Å². The van der Waals surface area contributed by atoms with Crippen molar-refractivity contribution in [1.29, 1.82) is 0 Å². The Labute approximate surface area is 169 Å². The number of rotatable bonds is 3. The Morgan fingerprint density at radius 1 is 1.21 bits per heavy atom. The number of nitrogens with two attached hydrogens (primary N) is 1. The van der Waals surface area contributed by atoms with Crippen LogP contribution < -0.4 is 5.73 Å². The van der Waals surface area contributed by atoms with Gasteiger partial charge in [0.2, 0.25) is 5.91 Å². The highest BCUT2D eigenvalue weighted by Gasteiger charge is 2.48. The molecular formula is C20H19BrF3N3O. The number of benzene rings is 2. The topological polar surface area (TPSA) is 58.7 Å². The Hall–Kier alpha value is -2.35. The van der Waals surface area contributed by atoms with Gasteiger partial charge in [0, 0.05) is 25.1 Å². The number of amides is 1. The quantitative estimate of drug-likeness (QED) is 0.744. The minimum atomic E-state index is -3.01. The van der Waals surface area contributed by atoms with Gasteiger partial charge < -0.3 is 5.73 Å². The third-order valence-corrected chi connectivity index (χ3v) is 5.69. The minimum absolute atomic E-state index is 0.0418. The number of alkyl halides is 2. The molecular weight excluding hydrogens is 435 g/mol. The molecule has 1 amide bonds. The molecule has 8 heteroatoms. The summed E-state index contributed by atoms with van der Waals surface area (Å²) >= 11 is 3.15. The average molecular weight is 454 g/mol. The van der Waals surface area contributed by atoms with E-state index < -0.39 is 29.1 Å². The highest BCUT2D eigenvalue weighted by atomic mass is 79.9. The maximum absolute atomic E-state index is 14.9. The first-order chi connectivity index (χ1) is 13.0. The first-order valence-corrected chi connectivity index (χ1v) is 9.31. The molecule has 0 bridgehead atoms. The van der Waals surface area contributed by atoms with Crippen LogP contribution >= 0.6 is 15.9 Å². The number of likely N-dealkylation sites (N-methyl/N-ethyl adjacent to an activating group) is 1. The molecule has 4 nitrogen and oxygen atoms in total. The van der Waals surface area contributed by atoms with Crippen LogP contribution in [0.4, 0.5) is 13.2 Å². The number of aliphatic imine (C=N–C) groups is 1. The van der Waals surface area contributed by atoms with Crippen molar-refractivity contribution in [1.82, 2.24) is 4.90 Å². The fraction of sp³-hybridized carbons (Fsp3) is 0.300. The molecule has 28 heavy (non-hydrogen) atoms. The molecule has 2 N–H and O–H groups in total. The molecule has 1 aliphatic heterocycles. The van der Waals surface area contributed by atoms with Crippen molar-refractivity contribution in [3.8, 4) is 0 Å². The zero-order valence-electron chi connectivity index (χ0n) is 15.5. The number of hydrogen-bond donors (Lipinski definition) is 1. The Morgan fingerprint density at radius 3 is 2.39 bits per heavy atom. The zero-order chi connectivity index (χ0) is 20.9. The van der Waals surface area contributed by atoms with Gasteiger partial charge in [-0.05, 0) is 34.5 Å². The monoisotopic (exact) mass is 453 g/mol. The second kappa shape index (κ2) is 6.92. The van der Waals surface area contributed by atoms with Crippen LogP contribution in [0.25, 0.3) is 0 Å². The SMILES string of the molecule is CN1C(=O)[C@@H](c2ccc(C(C)(F)F)cc2)[C@@](C)(c2cccc(Br)c2F)N=C1N. The van der Waals surface area contributed by atoms with Crippen LogP contribution in [0.5, 0.6) is 0 Å². The highest BCUT2D eigenvalue weighted by molar-refractivity contribution is 9.10. The summed E-state index contributed by atoms with van der Waals surface area (Å²) in [6.07, 6.45) is 0. The standard InChI is InChI=1S/C20H19BrF3N3O/c1-19(13-5-4-6-14(21)16(13)22)15(17(28)27(3)18(25)26-19)11-7-9-12(10-8-11)20(2,23)24/h4-10,15H,1-3H3,(H2,25,26)/t15-,19-/m1/s1. The summed E-state index contributed by atoms with van der Waals surface area (Å²) < 4.78 is 42.3. The van der Waals surface area contributed by atoms with E-state index in [1.165, 1.54) is 42.3 Å². The summed E-state index contributed by atoms with van der Waals surface area (Å²) in [5.41, 5.74) is 5.02. The van der Waals surface area contributed by atoms with E-state index in [4.69, 9.17) is 5.73 Å². The van der Waals surface area contributed by atoms with Crippen LogP contribution in [0, 0.1) is 5.82 Å². The van der Waals surface area contributed by atoms with Gasteiger partial charge in [-0.25, -0.2) is 18.2 Å². The molecule has 3 rings (SSSR count). The van der Waals surface area contributed by atoms with Gasteiger partial charge in [-0.1, -0.05) is 36.4 Å². The van der Waals surface area contributed by atoms with E-state index >= 15 is 0 Å². The molecule has 2 aromatic carbocycles. The Bertz CT molecular complexity index is 956. The number of guanidine groups is 1.